The van der Waals surface area contributed by atoms with Crippen LogP contribution >= 0.6 is 0 Å². The second kappa shape index (κ2) is 9.83. The smallest absolute Gasteiger partial charge is 0.218 e. The first-order valence-electron chi connectivity index (χ1n) is 10.4. The van der Waals surface area contributed by atoms with Crippen molar-refractivity contribution >= 4 is 17.2 Å². The van der Waals surface area contributed by atoms with E-state index in [9.17, 15) is 0 Å². The van der Waals surface area contributed by atoms with Crippen molar-refractivity contribution in [3.05, 3.63) is 36.4 Å². The van der Waals surface area contributed by atoms with Crippen LogP contribution in [0, 0.1) is 5.92 Å². The van der Waals surface area contributed by atoms with E-state index < -0.39 is 0 Å². The maximum absolute atomic E-state index is 5.94. The van der Waals surface area contributed by atoms with Gasteiger partial charge >= 0.3 is 0 Å². The first-order valence-corrected chi connectivity index (χ1v) is 10.4. The van der Waals surface area contributed by atoms with Gasteiger partial charge in [-0.2, -0.15) is 4.98 Å². The molecule has 2 heterocycles. The zero-order valence-electron chi connectivity index (χ0n) is 18.3. The van der Waals surface area contributed by atoms with E-state index in [1.54, 1.807) is 7.11 Å². The summed E-state index contributed by atoms with van der Waals surface area (Å²) in [5, 5.41) is 3.46. The largest absolute Gasteiger partial charge is 0.496 e. The highest BCUT2D eigenvalue weighted by Crippen LogP contribution is 2.34. The molecule has 1 N–H and O–H groups in total. The number of anilines is 3. The Kier molecular flexibility index (Phi) is 7.20. The van der Waals surface area contributed by atoms with Crippen LogP contribution in [0.1, 0.15) is 26.7 Å². The molecule has 158 valence electrons. The fraction of sp³-hybridized carbons (Fsp3) is 0.522. The van der Waals surface area contributed by atoms with Gasteiger partial charge in [0.05, 0.1) is 13.7 Å². The predicted octanol–water partition coefficient (Wildman–Crippen LogP) is 4.08. The minimum absolute atomic E-state index is 0.374. The summed E-state index contributed by atoms with van der Waals surface area (Å²) in [5.74, 6) is 2.67. The van der Waals surface area contributed by atoms with Gasteiger partial charge in [0.1, 0.15) is 11.6 Å². The Morgan fingerprint density at radius 1 is 1.07 bits per heavy atom. The zero-order chi connectivity index (χ0) is 20.8. The Balaban J connectivity index is 1.99. The molecule has 1 aliphatic heterocycles. The Bertz CT molecular complexity index is 771. The number of nitrogens with zero attached hydrogens (tertiary/aromatic N) is 3. The van der Waals surface area contributed by atoms with Gasteiger partial charge in [-0.15, -0.1) is 0 Å². The summed E-state index contributed by atoms with van der Waals surface area (Å²) in [6.45, 7) is 6.92. The van der Waals surface area contributed by atoms with Crippen LogP contribution in [0.3, 0.4) is 0 Å². The normalized spacial score (nSPS) is 14.7. The molecule has 6 heteroatoms. The summed E-state index contributed by atoms with van der Waals surface area (Å²) in [6, 6.07) is 12.9. The molecule has 29 heavy (non-hydrogen) atoms. The molecule has 0 radical (unpaired) electrons. The van der Waals surface area contributed by atoms with Crippen LogP contribution in [0.4, 0.5) is 17.2 Å². The number of hydrogen-bond donors (Lipinski definition) is 1. The van der Waals surface area contributed by atoms with E-state index in [2.05, 4.69) is 67.3 Å². The lowest BCUT2D eigenvalue weighted by molar-refractivity contribution is 0.260. The predicted molar refractivity (Wildman–Crippen MR) is 120 cm³/mol. The summed E-state index contributed by atoms with van der Waals surface area (Å²) < 4.78 is 11.5. The molecule has 1 fully saturated rings. The van der Waals surface area contributed by atoms with Gasteiger partial charge in [0, 0.05) is 43.6 Å². The summed E-state index contributed by atoms with van der Waals surface area (Å²) in [7, 11) is 5.80. The first-order chi connectivity index (χ1) is 14.0. The molecule has 1 aromatic carbocycles. The quantitative estimate of drug-likeness (QED) is 0.723. The van der Waals surface area contributed by atoms with Gasteiger partial charge in [-0.05, 0) is 56.1 Å². The van der Waals surface area contributed by atoms with Crippen molar-refractivity contribution < 1.29 is 9.47 Å². The first kappa shape index (κ1) is 21.2. The average Bonchev–Trinajstić information content (AvgIpc) is 2.73. The van der Waals surface area contributed by atoms with E-state index in [1.165, 1.54) is 5.69 Å². The number of methoxy groups -OCH3 is 1. The highest BCUT2D eigenvalue weighted by Gasteiger charge is 2.25. The zero-order valence-corrected chi connectivity index (χ0v) is 18.3. The SMILES string of the molecule is COc1cc(OCC(C)C)nc(N(c2ccc(N(C)C)cc2)C2CCNCC2)c1. The molecule has 0 saturated carbocycles. The maximum Gasteiger partial charge on any atom is 0.218 e. The summed E-state index contributed by atoms with van der Waals surface area (Å²) >= 11 is 0. The number of hydrogen-bond acceptors (Lipinski definition) is 6. The highest BCUT2D eigenvalue weighted by atomic mass is 16.5. The molecule has 1 aliphatic rings. The van der Waals surface area contributed by atoms with Gasteiger partial charge in [-0.25, -0.2) is 0 Å². The molecular formula is C23H34N4O2. The third-order valence-corrected chi connectivity index (χ3v) is 5.13. The highest BCUT2D eigenvalue weighted by molar-refractivity contribution is 5.65. The summed E-state index contributed by atoms with van der Waals surface area (Å²) in [6.07, 6.45) is 2.13. The molecule has 0 bridgehead atoms. The molecule has 1 saturated heterocycles. The fourth-order valence-corrected chi connectivity index (χ4v) is 3.54. The molecule has 0 spiro atoms. The van der Waals surface area contributed by atoms with Crippen molar-refractivity contribution in [2.75, 3.05) is 50.7 Å². The Labute approximate surface area is 174 Å². The van der Waals surface area contributed by atoms with E-state index in [0.29, 0.717) is 24.4 Å². The minimum atomic E-state index is 0.374. The summed E-state index contributed by atoms with van der Waals surface area (Å²) in [5.41, 5.74) is 2.32. The van der Waals surface area contributed by atoms with Gasteiger partial charge in [0.25, 0.3) is 0 Å². The van der Waals surface area contributed by atoms with Crippen LogP contribution in [-0.4, -0.2) is 51.9 Å². The van der Waals surface area contributed by atoms with E-state index >= 15 is 0 Å². The van der Waals surface area contributed by atoms with Crippen molar-refractivity contribution in [2.24, 2.45) is 5.92 Å². The topological polar surface area (TPSA) is 49.9 Å². The van der Waals surface area contributed by atoms with E-state index in [-0.39, 0.29) is 0 Å². The van der Waals surface area contributed by atoms with Gasteiger partial charge in [-0.3, -0.25) is 0 Å². The van der Waals surface area contributed by atoms with Crippen LogP contribution in [0.5, 0.6) is 11.6 Å². The Morgan fingerprint density at radius 3 is 2.31 bits per heavy atom. The molecule has 0 unspecified atom stereocenters. The lowest BCUT2D eigenvalue weighted by Gasteiger charge is -2.36. The number of nitrogens with one attached hydrogen (secondary N) is 1. The lowest BCUT2D eigenvalue weighted by atomic mass is 10.0. The number of pyridine rings is 1. The molecular weight excluding hydrogens is 364 g/mol. The molecule has 3 rings (SSSR count). The van der Waals surface area contributed by atoms with E-state index in [4.69, 9.17) is 14.5 Å². The number of aromatic nitrogens is 1. The minimum Gasteiger partial charge on any atom is -0.496 e. The number of piperidine rings is 1. The summed E-state index contributed by atoms with van der Waals surface area (Å²) in [4.78, 5) is 9.31. The van der Waals surface area contributed by atoms with Gasteiger partial charge < -0.3 is 24.6 Å². The maximum atomic E-state index is 5.94. The van der Waals surface area contributed by atoms with E-state index in [0.717, 1.165) is 43.2 Å². The monoisotopic (exact) mass is 398 g/mol. The molecule has 2 aromatic rings. The van der Waals surface area contributed by atoms with Gasteiger partial charge in [-0.1, -0.05) is 13.8 Å². The van der Waals surface area contributed by atoms with E-state index in [1.807, 2.05) is 12.1 Å². The Morgan fingerprint density at radius 2 is 1.72 bits per heavy atom. The lowest BCUT2D eigenvalue weighted by Crippen LogP contribution is -2.41. The fourth-order valence-electron chi connectivity index (χ4n) is 3.54. The standard InChI is InChI=1S/C23H34N4O2/c1-17(2)16-29-23-15-21(28-5)14-22(25-23)27(20-10-12-24-13-11-20)19-8-6-18(7-9-19)26(3)4/h6-9,14-15,17,20,24H,10-13,16H2,1-5H3. The van der Waals surface area contributed by atoms with Gasteiger partial charge in [0.2, 0.25) is 5.88 Å². The van der Waals surface area contributed by atoms with Crippen molar-refractivity contribution in [3.63, 3.8) is 0 Å². The Hall–Kier alpha value is -2.47. The second-order valence-electron chi connectivity index (χ2n) is 8.17. The van der Waals surface area contributed by atoms with Crippen LogP contribution < -0.4 is 24.6 Å². The molecule has 0 aliphatic carbocycles. The number of rotatable bonds is 8. The van der Waals surface area contributed by atoms with Crippen molar-refractivity contribution in [1.29, 1.82) is 0 Å². The van der Waals surface area contributed by atoms with Crippen molar-refractivity contribution in [2.45, 2.75) is 32.7 Å². The third kappa shape index (κ3) is 5.54. The van der Waals surface area contributed by atoms with Crippen molar-refractivity contribution in [1.82, 2.24) is 10.3 Å². The van der Waals surface area contributed by atoms with Gasteiger partial charge in [0.15, 0.2) is 0 Å². The molecule has 1 aromatic heterocycles. The third-order valence-electron chi connectivity index (χ3n) is 5.13. The van der Waals surface area contributed by atoms with Crippen molar-refractivity contribution in [3.8, 4) is 11.6 Å². The van der Waals surface area contributed by atoms with Crippen LogP contribution in [-0.2, 0) is 0 Å². The number of benzene rings is 1. The second-order valence-corrected chi connectivity index (χ2v) is 8.17. The molecule has 6 nitrogen and oxygen atoms in total. The van der Waals surface area contributed by atoms with Crippen LogP contribution in [0.15, 0.2) is 36.4 Å². The molecule has 0 amide bonds. The molecule has 0 atom stereocenters. The van der Waals surface area contributed by atoms with Crippen LogP contribution in [0.25, 0.3) is 0 Å². The van der Waals surface area contributed by atoms with Crippen LogP contribution in [0.2, 0.25) is 0 Å². The average molecular weight is 399 g/mol. The number of ether oxygens (including phenoxy) is 2.